The molecule has 0 aromatic heterocycles. The Labute approximate surface area is 127 Å². The largest absolute Gasteiger partial charge is 0.508 e. The second kappa shape index (κ2) is 5.14. The molecule has 3 rings (SSSR count). The zero-order chi connectivity index (χ0) is 15.7. The number of fused-ring (bicyclic) bond motifs is 1. The third kappa shape index (κ3) is 2.39. The molecule has 22 heavy (non-hydrogen) atoms. The van der Waals surface area contributed by atoms with Crippen LogP contribution in [0.25, 0.3) is 0 Å². The first-order valence-corrected chi connectivity index (χ1v) is 6.85. The third-order valence-electron chi connectivity index (χ3n) is 3.70. The highest BCUT2D eigenvalue weighted by Gasteiger charge is 2.45. The molecule has 0 spiro atoms. The van der Waals surface area contributed by atoms with Crippen LogP contribution >= 0.6 is 0 Å². The maximum absolute atomic E-state index is 12.7. The van der Waals surface area contributed by atoms with Crippen LogP contribution in [-0.4, -0.2) is 33.2 Å². The van der Waals surface area contributed by atoms with Crippen molar-refractivity contribution in [2.45, 2.75) is 18.9 Å². The molecule has 2 heterocycles. The van der Waals surface area contributed by atoms with Crippen LogP contribution in [0.4, 0.5) is 5.69 Å². The summed E-state index contributed by atoms with van der Waals surface area (Å²) in [6, 6.07) is 6.28. The molecule has 2 aliphatic rings. The molecule has 2 aliphatic heterocycles. The Morgan fingerprint density at radius 3 is 3.00 bits per heavy atom. The van der Waals surface area contributed by atoms with E-state index in [-0.39, 0.29) is 24.0 Å². The number of nitrogens with zero attached hydrogens (tertiary/aromatic N) is 2. The van der Waals surface area contributed by atoms with Crippen molar-refractivity contribution < 1.29 is 14.7 Å². The first-order valence-electron chi connectivity index (χ1n) is 6.85. The van der Waals surface area contributed by atoms with Gasteiger partial charge in [-0.1, -0.05) is 12.1 Å². The first-order chi connectivity index (χ1) is 10.5. The van der Waals surface area contributed by atoms with Gasteiger partial charge in [-0.05, 0) is 31.2 Å². The van der Waals surface area contributed by atoms with Crippen LogP contribution in [0.3, 0.4) is 0 Å². The van der Waals surface area contributed by atoms with Gasteiger partial charge in [0, 0.05) is 18.0 Å². The number of amides is 2. The molecule has 0 saturated heterocycles. The predicted molar refractivity (Wildman–Crippen MR) is 82.3 cm³/mol. The summed E-state index contributed by atoms with van der Waals surface area (Å²) in [7, 11) is 0. The second-order valence-electron chi connectivity index (χ2n) is 5.39. The maximum Gasteiger partial charge on any atom is 0.250 e. The number of benzene rings is 1. The normalized spacial score (nSPS) is 23.0. The Morgan fingerprint density at radius 1 is 1.41 bits per heavy atom. The number of phenolic OH excluding ortho intramolecular Hbond substituents is 1. The van der Waals surface area contributed by atoms with Gasteiger partial charge in [0.1, 0.15) is 17.1 Å². The van der Waals surface area contributed by atoms with Crippen LogP contribution in [0, 0.1) is 0 Å². The lowest BCUT2D eigenvalue weighted by Crippen LogP contribution is -2.58. The van der Waals surface area contributed by atoms with Gasteiger partial charge < -0.3 is 15.3 Å². The van der Waals surface area contributed by atoms with E-state index in [2.05, 4.69) is 10.3 Å². The van der Waals surface area contributed by atoms with E-state index in [1.165, 1.54) is 12.1 Å². The number of hydrogen-bond acceptors (Lipinski definition) is 4. The highest BCUT2D eigenvalue weighted by atomic mass is 16.3. The fraction of sp³-hybridized carbons (Fsp3) is 0.188. The lowest BCUT2D eigenvalue weighted by atomic mass is 9.91. The summed E-state index contributed by atoms with van der Waals surface area (Å²) in [5, 5.41) is 12.2. The number of aliphatic imine (C=N–C) groups is 1. The van der Waals surface area contributed by atoms with Gasteiger partial charge in [0.05, 0.1) is 6.42 Å². The van der Waals surface area contributed by atoms with Gasteiger partial charge in [0.15, 0.2) is 0 Å². The Bertz CT molecular complexity index is 736. The summed E-state index contributed by atoms with van der Waals surface area (Å²) >= 11 is 0. The zero-order valence-corrected chi connectivity index (χ0v) is 12.0. The van der Waals surface area contributed by atoms with E-state index < -0.39 is 5.54 Å². The molecule has 0 fully saturated rings. The molecular formula is C16H15N3O3. The highest BCUT2D eigenvalue weighted by molar-refractivity contribution is 6.11. The summed E-state index contributed by atoms with van der Waals surface area (Å²) < 4.78 is 0. The summed E-state index contributed by atoms with van der Waals surface area (Å²) in [6.45, 7) is 1.70. The van der Waals surface area contributed by atoms with Crippen LogP contribution in [-0.2, 0) is 9.59 Å². The number of carbonyl (C=O) groups is 2. The number of allylic oxidation sites excluding steroid dienone is 2. The number of aromatic hydroxyl groups is 1. The smallest absolute Gasteiger partial charge is 0.250 e. The number of hydrogen-bond donors (Lipinski definition) is 2. The summed E-state index contributed by atoms with van der Waals surface area (Å²) in [5.41, 5.74) is -0.597. The fourth-order valence-electron chi connectivity index (χ4n) is 2.53. The molecule has 1 aromatic rings. The lowest BCUT2D eigenvalue weighted by molar-refractivity contribution is -0.130. The molecule has 6 nitrogen and oxygen atoms in total. The van der Waals surface area contributed by atoms with Gasteiger partial charge in [-0.3, -0.25) is 9.59 Å². The minimum absolute atomic E-state index is 0.0146. The molecule has 0 saturated carbocycles. The lowest BCUT2D eigenvalue weighted by Gasteiger charge is -2.41. The Kier molecular flexibility index (Phi) is 3.29. The Morgan fingerprint density at radius 2 is 2.23 bits per heavy atom. The SMILES string of the molecule is CC1(C(=O)Nc2cccc(O)c2)CC(=O)N=C2C=CC=CN21. The van der Waals surface area contributed by atoms with E-state index in [1.54, 1.807) is 48.4 Å². The molecular weight excluding hydrogens is 282 g/mol. The van der Waals surface area contributed by atoms with Gasteiger partial charge in [0.2, 0.25) is 0 Å². The summed E-state index contributed by atoms with van der Waals surface area (Å²) in [6.07, 6.45) is 6.96. The Balaban J connectivity index is 1.90. The average Bonchev–Trinajstić information content (AvgIpc) is 2.47. The van der Waals surface area contributed by atoms with Crippen molar-refractivity contribution in [3.8, 4) is 5.75 Å². The van der Waals surface area contributed by atoms with Crippen molar-refractivity contribution in [2.24, 2.45) is 4.99 Å². The van der Waals surface area contributed by atoms with Gasteiger partial charge in [0.25, 0.3) is 11.8 Å². The van der Waals surface area contributed by atoms with Crippen molar-refractivity contribution in [3.05, 3.63) is 48.7 Å². The minimum Gasteiger partial charge on any atom is -0.508 e. The molecule has 2 amide bonds. The van der Waals surface area contributed by atoms with E-state index in [1.807, 2.05) is 0 Å². The number of phenols is 1. The maximum atomic E-state index is 12.7. The molecule has 1 aromatic carbocycles. The number of carbonyl (C=O) groups excluding carboxylic acids is 2. The third-order valence-corrected chi connectivity index (χ3v) is 3.70. The van der Waals surface area contributed by atoms with Gasteiger partial charge in [-0.15, -0.1) is 0 Å². The zero-order valence-electron chi connectivity index (χ0n) is 12.0. The quantitative estimate of drug-likeness (QED) is 0.872. The molecule has 2 N–H and O–H groups in total. The van der Waals surface area contributed by atoms with Crippen LogP contribution in [0.2, 0.25) is 0 Å². The first kappa shape index (κ1) is 14.1. The van der Waals surface area contributed by atoms with Crippen molar-refractivity contribution in [2.75, 3.05) is 5.32 Å². The van der Waals surface area contributed by atoms with Gasteiger partial charge in [-0.25, -0.2) is 0 Å². The Hall–Kier alpha value is -2.89. The number of rotatable bonds is 2. The average molecular weight is 297 g/mol. The molecule has 1 atom stereocenters. The van der Waals surface area contributed by atoms with Crippen molar-refractivity contribution >= 4 is 23.3 Å². The van der Waals surface area contributed by atoms with E-state index in [4.69, 9.17) is 0 Å². The molecule has 1 unspecified atom stereocenters. The number of amidine groups is 1. The van der Waals surface area contributed by atoms with E-state index in [0.717, 1.165) is 0 Å². The van der Waals surface area contributed by atoms with E-state index >= 15 is 0 Å². The highest BCUT2D eigenvalue weighted by Crippen LogP contribution is 2.29. The molecule has 0 radical (unpaired) electrons. The van der Waals surface area contributed by atoms with Crippen LogP contribution in [0.5, 0.6) is 5.75 Å². The predicted octanol–water partition coefficient (Wildman–Crippen LogP) is 1.80. The van der Waals surface area contributed by atoms with Crippen LogP contribution < -0.4 is 5.32 Å². The molecule has 112 valence electrons. The second-order valence-corrected chi connectivity index (χ2v) is 5.39. The summed E-state index contributed by atoms with van der Waals surface area (Å²) in [5.74, 6) is -0.156. The van der Waals surface area contributed by atoms with Crippen LogP contribution in [0.1, 0.15) is 13.3 Å². The van der Waals surface area contributed by atoms with Crippen molar-refractivity contribution in [1.82, 2.24) is 4.90 Å². The number of nitrogens with one attached hydrogen (secondary N) is 1. The summed E-state index contributed by atoms with van der Waals surface area (Å²) in [4.78, 5) is 30.2. The monoisotopic (exact) mass is 297 g/mol. The minimum atomic E-state index is -1.07. The standard InChI is InChI=1S/C16H15N3O3/c1-16(15(22)17-11-5-4-6-12(20)9-11)10-14(21)18-13-7-2-3-8-19(13)16/h2-9,20H,10H2,1H3,(H,17,22). The molecule has 6 heteroatoms. The fourth-order valence-corrected chi connectivity index (χ4v) is 2.53. The van der Waals surface area contributed by atoms with Crippen LogP contribution in [0.15, 0.2) is 53.7 Å². The molecule has 0 bridgehead atoms. The number of anilines is 1. The van der Waals surface area contributed by atoms with Crippen molar-refractivity contribution in [3.63, 3.8) is 0 Å². The van der Waals surface area contributed by atoms with E-state index in [9.17, 15) is 14.7 Å². The van der Waals surface area contributed by atoms with Gasteiger partial charge in [-0.2, -0.15) is 4.99 Å². The van der Waals surface area contributed by atoms with Gasteiger partial charge >= 0.3 is 0 Å². The molecule has 0 aliphatic carbocycles. The van der Waals surface area contributed by atoms with Crippen molar-refractivity contribution in [1.29, 1.82) is 0 Å². The topological polar surface area (TPSA) is 82.0 Å². The van der Waals surface area contributed by atoms with E-state index in [0.29, 0.717) is 11.5 Å².